The molecule has 0 aliphatic heterocycles. The molecule has 0 fully saturated rings. The molecule has 1 heterocycles. The Kier molecular flexibility index (Phi) is 6.75. The zero-order chi connectivity index (χ0) is 21.0. The van der Waals surface area contributed by atoms with E-state index < -0.39 is 0 Å². The number of carbonyl (C=O) groups is 1. The summed E-state index contributed by atoms with van der Waals surface area (Å²) in [6, 6.07) is 15.2. The van der Waals surface area contributed by atoms with Gasteiger partial charge in [-0.3, -0.25) is 14.2 Å². The molecule has 5 nitrogen and oxygen atoms in total. The molecule has 29 heavy (non-hydrogen) atoms. The van der Waals surface area contributed by atoms with E-state index in [1.807, 2.05) is 49.4 Å². The van der Waals surface area contributed by atoms with Crippen LogP contribution >= 0.6 is 11.8 Å². The van der Waals surface area contributed by atoms with Crippen LogP contribution in [0.1, 0.15) is 33.3 Å². The van der Waals surface area contributed by atoms with Crippen LogP contribution < -0.4 is 10.9 Å². The van der Waals surface area contributed by atoms with E-state index in [1.54, 1.807) is 10.6 Å². The predicted molar refractivity (Wildman–Crippen MR) is 120 cm³/mol. The normalized spacial score (nSPS) is 12.3. The monoisotopic (exact) mass is 409 g/mol. The number of nitrogens with one attached hydrogen (secondary N) is 1. The molecule has 0 bridgehead atoms. The first-order valence-corrected chi connectivity index (χ1v) is 10.8. The standard InChI is InChI=1S/C23H27N3O2S/c1-5-17-10-6-9-13-20(17)26-22(28)18-11-7-8-12-19(18)25-23(26)29-16(4)21(27)24-14-15(2)3/h6-13,15-16H,5,14H2,1-4H3,(H,24,27)/t16-/m1/s1. The number of nitrogens with zero attached hydrogens (tertiary/aromatic N) is 2. The summed E-state index contributed by atoms with van der Waals surface area (Å²) < 4.78 is 1.65. The molecular weight excluding hydrogens is 382 g/mol. The lowest BCUT2D eigenvalue weighted by Crippen LogP contribution is -2.34. The van der Waals surface area contributed by atoms with Crippen molar-refractivity contribution in [2.24, 2.45) is 5.92 Å². The number of hydrogen-bond donors (Lipinski definition) is 1. The van der Waals surface area contributed by atoms with Crippen LogP contribution in [0.4, 0.5) is 0 Å². The molecule has 3 rings (SSSR count). The van der Waals surface area contributed by atoms with Crippen molar-refractivity contribution in [3.8, 4) is 5.69 Å². The summed E-state index contributed by atoms with van der Waals surface area (Å²) in [4.78, 5) is 30.7. The molecule has 0 aliphatic rings. The van der Waals surface area contributed by atoms with Gasteiger partial charge in [0.1, 0.15) is 0 Å². The lowest BCUT2D eigenvalue weighted by atomic mass is 10.1. The maximum Gasteiger partial charge on any atom is 0.266 e. The fraction of sp³-hybridized carbons (Fsp3) is 0.348. The van der Waals surface area contributed by atoms with E-state index in [-0.39, 0.29) is 16.7 Å². The van der Waals surface area contributed by atoms with Gasteiger partial charge in [0.05, 0.1) is 21.8 Å². The van der Waals surface area contributed by atoms with E-state index in [2.05, 4.69) is 26.1 Å². The van der Waals surface area contributed by atoms with Crippen molar-refractivity contribution in [1.29, 1.82) is 0 Å². The molecule has 0 spiro atoms. The van der Waals surface area contributed by atoms with E-state index in [4.69, 9.17) is 4.98 Å². The van der Waals surface area contributed by atoms with Crippen molar-refractivity contribution < 1.29 is 4.79 Å². The number of amides is 1. The fourth-order valence-corrected chi connectivity index (χ4v) is 4.04. The zero-order valence-electron chi connectivity index (χ0n) is 17.3. The predicted octanol–water partition coefficient (Wildman–Crippen LogP) is 4.20. The van der Waals surface area contributed by atoms with Crippen molar-refractivity contribution in [2.45, 2.75) is 44.5 Å². The topological polar surface area (TPSA) is 64.0 Å². The summed E-state index contributed by atoms with van der Waals surface area (Å²) in [5.41, 5.74) is 2.40. The Labute approximate surface area is 175 Å². The third-order valence-corrected chi connectivity index (χ3v) is 5.75. The molecule has 0 radical (unpaired) electrons. The Balaban J connectivity index is 2.10. The number of hydrogen-bond acceptors (Lipinski definition) is 4. The molecule has 0 saturated heterocycles. The second kappa shape index (κ2) is 9.27. The molecule has 0 saturated carbocycles. The highest BCUT2D eigenvalue weighted by atomic mass is 32.2. The van der Waals surface area contributed by atoms with Crippen molar-refractivity contribution >= 4 is 28.6 Å². The third kappa shape index (κ3) is 4.70. The van der Waals surface area contributed by atoms with Gasteiger partial charge in [-0.15, -0.1) is 0 Å². The summed E-state index contributed by atoms with van der Waals surface area (Å²) in [6.07, 6.45) is 0.796. The molecule has 0 aliphatic carbocycles. The number of para-hydroxylation sites is 2. The first-order chi connectivity index (χ1) is 13.9. The maximum atomic E-state index is 13.4. The molecule has 1 N–H and O–H groups in total. The van der Waals surface area contributed by atoms with Gasteiger partial charge in [0, 0.05) is 6.54 Å². The summed E-state index contributed by atoms with van der Waals surface area (Å²) in [7, 11) is 0. The number of aromatic nitrogens is 2. The van der Waals surface area contributed by atoms with E-state index in [0.29, 0.717) is 28.5 Å². The Morgan fingerprint density at radius 1 is 1.10 bits per heavy atom. The highest BCUT2D eigenvalue weighted by Gasteiger charge is 2.21. The van der Waals surface area contributed by atoms with Crippen molar-refractivity contribution in [2.75, 3.05) is 6.54 Å². The van der Waals surface area contributed by atoms with Crippen LogP contribution in [0.15, 0.2) is 58.5 Å². The second-order valence-electron chi connectivity index (χ2n) is 7.43. The molecule has 1 atom stereocenters. The number of rotatable bonds is 7. The maximum absolute atomic E-state index is 13.4. The minimum absolute atomic E-state index is 0.0542. The van der Waals surface area contributed by atoms with Gasteiger partial charge >= 0.3 is 0 Å². The van der Waals surface area contributed by atoms with Crippen LogP contribution in [-0.2, 0) is 11.2 Å². The van der Waals surface area contributed by atoms with Crippen LogP contribution in [0.5, 0.6) is 0 Å². The fourth-order valence-electron chi connectivity index (χ4n) is 3.09. The summed E-state index contributed by atoms with van der Waals surface area (Å²) >= 11 is 1.31. The second-order valence-corrected chi connectivity index (χ2v) is 8.74. The van der Waals surface area contributed by atoms with Crippen molar-refractivity contribution in [3.05, 3.63) is 64.4 Å². The van der Waals surface area contributed by atoms with Crippen LogP contribution in [0.25, 0.3) is 16.6 Å². The van der Waals surface area contributed by atoms with Gasteiger partial charge in [-0.05, 0) is 43.0 Å². The molecule has 6 heteroatoms. The Bertz CT molecular complexity index is 1080. The lowest BCUT2D eigenvalue weighted by Gasteiger charge is -2.18. The average Bonchev–Trinajstić information content (AvgIpc) is 2.72. The van der Waals surface area contributed by atoms with Gasteiger partial charge in [-0.2, -0.15) is 0 Å². The number of benzene rings is 2. The first kappa shape index (κ1) is 21.1. The van der Waals surface area contributed by atoms with Crippen LogP contribution in [0, 0.1) is 5.92 Å². The van der Waals surface area contributed by atoms with E-state index in [9.17, 15) is 9.59 Å². The van der Waals surface area contributed by atoms with E-state index in [0.717, 1.165) is 17.7 Å². The molecular formula is C23H27N3O2S. The Hall–Kier alpha value is -2.60. The molecule has 1 aromatic heterocycles. The Morgan fingerprint density at radius 2 is 1.79 bits per heavy atom. The van der Waals surface area contributed by atoms with Gasteiger partial charge in [0.2, 0.25) is 5.91 Å². The number of fused-ring (bicyclic) bond motifs is 1. The first-order valence-electron chi connectivity index (χ1n) is 9.96. The van der Waals surface area contributed by atoms with Gasteiger partial charge in [0.25, 0.3) is 5.56 Å². The highest BCUT2D eigenvalue weighted by molar-refractivity contribution is 8.00. The molecule has 3 aromatic rings. The van der Waals surface area contributed by atoms with E-state index in [1.165, 1.54) is 11.8 Å². The largest absolute Gasteiger partial charge is 0.355 e. The van der Waals surface area contributed by atoms with Crippen LogP contribution in [-0.4, -0.2) is 27.3 Å². The zero-order valence-corrected chi connectivity index (χ0v) is 18.1. The van der Waals surface area contributed by atoms with Gasteiger partial charge < -0.3 is 5.32 Å². The summed E-state index contributed by atoms with van der Waals surface area (Å²) in [5, 5.41) is 3.69. The molecule has 2 aromatic carbocycles. The summed E-state index contributed by atoms with van der Waals surface area (Å²) in [6.45, 7) is 8.65. The van der Waals surface area contributed by atoms with E-state index >= 15 is 0 Å². The minimum atomic E-state index is -0.373. The number of thioether (sulfide) groups is 1. The molecule has 0 unspecified atom stereocenters. The van der Waals surface area contributed by atoms with Crippen molar-refractivity contribution in [3.63, 3.8) is 0 Å². The Morgan fingerprint density at radius 3 is 2.52 bits per heavy atom. The SMILES string of the molecule is CCc1ccccc1-n1c(S[C@H](C)C(=O)NCC(C)C)nc2ccccc2c1=O. The van der Waals surface area contributed by atoms with Gasteiger partial charge in [-0.1, -0.05) is 62.9 Å². The summed E-state index contributed by atoms with van der Waals surface area (Å²) in [5.74, 6) is 0.325. The quantitative estimate of drug-likeness (QED) is 0.469. The van der Waals surface area contributed by atoms with Crippen LogP contribution in [0.3, 0.4) is 0 Å². The van der Waals surface area contributed by atoms with Crippen LogP contribution in [0.2, 0.25) is 0 Å². The highest BCUT2D eigenvalue weighted by Crippen LogP contribution is 2.26. The minimum Gasteiger partial charge on any atom is -0.355 e. The molecule has 152 valence electrons. The third-order valence-electron chi connectivity index (χ3n) is 4.69. The van der Waals surface area contributed by atoms with Gasteiger partial charge in [-0.25, -0.2) is 4.98 Å². The number of aryl methyl sites for hydroxylation is 1. The lowest BCUT2D eigenvalue weighted by molar-refractivity contribution is -0.120. The number of carbonyl (C=O) groups excluding carboxylic acids is 1. The smallest absolute Gasteiger partial charge is 0.266 e. The molecule has 1 amide bonds. The average molecular weight is 410 g/mol. The van der Waals surface area contributed by atoms with Crippen molar-refractivity contribution in [1.82, 2.24) is 14.9 Å². The van der Waals surface area contributed by atoms with Gasteiger partial charge in [0.15, 0.2) is 5.16 Å².